The smallest absolute Gasteiger partial charge is 0.229 e. The average Bonchev–Trinajstić information content (AvgIpc) is 3.30. The first kappa shape index (κ1) is 20.3. The van der Waals surface area contributed by atoms with Gasteiger partial charge >= 0.3 is 0 Å². The molecule has 7 heteroatoms. The zero-order valence-electron chi connectivity index (χ0n) is 18.0. The van der Waals surface area contributed by atoms with Crippen LogP contribution >= 0.6 is 0 Å². The van der Waals surface area contributed by atoms with Crippen molar-refractivity contribution >= 4 is 34.4 Å². The highest BCUT2D eigenvalue weighted by atomic mass is 16.1. The van der Waals surface area contributed by atoms with E-state index < -0.39 is 0 Å². The third-order valence-electron chi connectivity index (χ3n) is 5.25. The number of carbonyl (C=O) groups is 1. The van der Waals surface area contributed by atoms with Gasteiger partial charge in [-0.2, -0.15) is 5.10 Å². The van der Waals surface area contributed by atoms with Crippen LogP contribution in [0.1, 0.15) is 6.92 Å². The monoisotopic (exact) mass is 434 g/mol. The van der Waals surface area contributed by atoms with Gasteiger partial charge in [0, 0.05) is 29.5 Å². The van der Waals surface area contributed by atoms with Crippen molar-refractivity contribution in [3.05, 3.63) is 91.1 Å². The van der Waals surface area contributed by atoms with Crippen LogP contribution in [-0.2, 0) is 4.79 Å². The number of nitrogen functional groups attached to an aromatic ring is 1. The third kappa shape index (κ3) is 4.38. The average molecular weight is 435 g/mol. The van der Waals surface area contributed by atoms with E-state index in [2.05, 4.69) is 27.9 Å². The van der Waals surface area contributed by atoms with Crippen molar-refractivity contribution in [2.45, 2.75) is 6.92 Å². The normalized spacial score (nSPS) is 10.8. The van der Waals surface area contributed by atoms with Crippen molar-refractivity contribution in [1.82, 2.24) is 14.6 Å². The molecule has 5 rings (SSSR count). The summed E-state index contributed by atoms with van der Waals surface area (Å²) >= 11 is 0. The number of hydrogen-bond acceptors (Lipinski definition) is 5. The minimum atomic E-state index is -0.0905. The molecule has 33 heavy (non-hydrogen) atoms. The lowest BCUT2D eigenvalue weighted by atomic mass is 10.0. The maximum Gasteiger partial charge on any atom is 0.229 e. The van der Waals surface area contributed by atoms with Gasteiger partial charge in [-0.1, -0.05) is 36.4 Å². The molecule has 0 unspecified atom stereocenters. The Hall–Kier alpha value is -4.65. The van der Waals surface area contributed by atoms with Crippen molar-refractivity contribution in [3.8, 4) is 22.4 Å². The molecule has 3 aromatic carbocycles. The van der Waals surface area contributed by atoms with Gasteiger partial charge < -0.3 is 16.4 Å². The molecule has 0 saturated carbocycles. The van der Waals surface area contributed by atoms with Crippen LogP contribution in [0.25, 0.3) is 27.9 Å². The molecule has 2 heterocycles. The maximum absolute atomic E-state index is 11.4. The summed E-state index contributed by atoms with van der Waals surface area (Å²) in [4.78, 5) is 16.2. The van der Waals surface area contributed by atoms with Gasteiger partial charge in [0.2, 0.25) is 11.9 Å². The van der Waals surface area contributed by atoms with Crippen LogP contribution in [-0.4, -0.2) is 20.5 Å². The van der Waals surface area contributed by atoms with Gasteiger partial charge in [0.15, 0.2) is 0 Å². The highest BCUT2D eigenvalue weighted by molar-refractivity contribution is 5.89. The lowest BCUT2D eigenvalue weighted by Crippen LogP contribution is -2.05. The first-order valence-electron chi connectivity index (χ1n) is 10.5. The quantitative estimate of drug-likeness (QED) is 0.324. The number of benzene rings is 3. The van der Waals surface area contributed by atoms with Gasteiger partial charge in [-0.3, -0.25) is 4.79 Å². The van der Waals surface area contributed by atoms with Crippen LogP contribution in [0.2, 0.25) is 0 Å². The fourth-order valence-corrected chi connectivity index (χ4v) is 3.67. The van der Waals surface area contributed by atoms with Gasteiger partial charge in [-0.25, -0.2) is 9.50 Å². The first-order valence-corrected chi connectivity index (χ1v) is 10.5. The van der Waals surface area contributed by atoms with Gasteiger partial charge in [0.25, 0.3) is 0 Å². The van der Waals surface area contributed by atoms with E-state index in [-0.39, 0.29) is 5.91 Å². The molecule has 162 valence electrons. The van der Waals surface area contributed by atoms with E-state index in [9.17, 15) is 4.79 Å². The number of aromatic nitrogens is 3. The summed E-state index contributed by atoms with van der Waals surface area (Å²) in [6.07, 6.45) is 1.75. The molecule has 0 aliphatic rings. The van der Waals surface area contributed by atoms with Crippen LogP contribution < -0.4 is 16.4 Å². The Bertz CT molecular complexity index is 1440. The Morgan fingerprint density at radius 3 is 2.36 bits per heavy atom. The Morgan fingerprint density at radius 1 is 0.848 bits per heavy atom. The summed E-state index contributed by atoms with van der Waals surface area (Å²) in [6.45, 7) is 1.50. The minimum Gasteiger partial charge on any atom is -0.399 e. The molecule has 0 atom stereocenters. The molecule has 4 N–H and O–H groups in total. The van der Waals surface area contributed by atoms with E-state index in [4.69, 9.17) is 10.7 Å². The number of hydrogen-bond donors (Lipinski definition) is 3. The van der Waals surface area contributed by atoms with Gasteiger partial charge in [-0.05, 0) is 59.7 Å². The molecule has 0 saturated heterocycles. The number of nitrogens with zero attached hydrogens (tertiary/aromatic N) is 3. The zero-order valence-corrected chi connectivity index (χ0v) is 18.0. The third-order valence-corrected chi connectivity index (χ3v) is 5.25. The molecule has 0 fully saturated rings. The van der Waals surface area contributed by atoms with Crippen LogP contribution in [0.5, 0.6) is 0 Å². The minimum absolute atomic E-state index is 0.0905. The fraction of sp³-hybridized carbons (Fsp3) is 0.0385. The number of carbonyl (C=O) groups excluding carboxylic acids is 1. The maximum atomic E-state index is 11.4. The van der Waals surface area contributed by atoms with Gasteiger partial charge in [0.1, 0.15) is 0 Å². The predicted octanol–water partition coefficient (Wildman–Crippen LogP) is 5.35. The lowest BCUT2D eigenvalue weighted by Gasteiger charge is -2.11. The van der Waals surface area contributed by atoms with Gasteiger partial charge in [-0.15, -0.1) is 0 Å². The van der Waals surface area contributed by atoms with Crippen LogP contribution in [0.3, 0.4) is 0 Å². The second-order valence-corrected chi connectivity index (χ2v) is 7.72. The Balaban J connectivity index is 1.47. The first-order chi connectivity index (χ1) is 16.0. The lowest BCUT2D eigenvalue weighted by molar-refractivity contribution is -0.114. The summed E-state index contributed by atoms with van der Waals surface area (Å²) in [5, 5.41) is 10.5. The summed E-state index contributed by atoms with van der Waals surface area (Å²) in [5.41, 5.74) is 13.0. The molecular weight excluding hydrogens is 412 g/mol. The fourth-order valence-electron chi connectivity index (χ4n) is 3.67. The topological polar surface area (TPSA) is 97.3 Å². The number of fused-ring (bicyclic) bond motifs is 1. The van der Waals surface area contributed by atoms with Gasteiger partial charge in [0.05, 0.1) is 17.4 Å². The van der Waals surface area contributed by atoms with Crippen molar-refractivity contribution < 1.29 is 4.79 Å². The molecule has 0 bridgehead atoms. The summed E-state index contributed by atoms with van der Waals surface area (Å²) in [7, 11) is 0. The second kappa shape index (κ2) is 8.47. The highest BCUT2D eigenvalue weighted by Gasteiger charge is 2.10. The van der Waals surface area contributed by atoms with Crippen molar-refractivity contribution in [2.75, 3.05) is 16.4 Å². The molecule has 7 nitrogen and oxygen atoms in total. The number of rotatable bonds is 5. The van der Waals surface area contributed by atoms with Crippen LogP contribution in [0.15, 0.2) is 91.1 Å². The predicted molar refractivity (Wildman–Crippen MR) is 132 cm³/mol. The molecule has 0 aliphatic heterocycles. The van der Waals surface area contributed by atoms with E-state index in [0.717, 1.165) is 39.3 Å². The number of amides is 1. The summed E-state index contributed by atoms with van der Waals surface area (Å²) in [6, 6.07) is 27.4. The summed E-state index contributed by atoms with van der Waals surface area (Å²) < 4.78 is 1.77. The largest absolute Gasteiger partial charge is 0.399 e. The zero-order chi connectivity index (χ0) is 22.8. The highest BCUT2D eigenvalue weighted by Crippen LogP contribution is 2.28. The second-order valence-electron chi connectivity index (χ2n) is 7.72. The van der Waals surface area contributed by atoms with E-state index in [1.54, 1.807) is 10.7 Å². The molecule has 2 aromatic heterocycles. The number of anilines is 4. The number of nitrogens with two attached hydrogens (primary N) is 1. The molecule has 5 aromatic rings. The standard InChI is InChI=1S/C26H22N6O/c1-17(33)29-23-4-2-3-20(15-23)18-5-7-19(8-6-18)25-16-24-13-14-28-32(24)26(31-25)30-22-11-9-21(27)10-12-22/h2-16H,27H2,1H3,(H,29,33)(H,30,31). The van der Waals surface area contributed by atoms with Crippen molar-refractivity contribution in [3.63, 3.8) is 0 Å². The Kier molecular flexibility index (Phi) is 5.20. The number of nitrogens with one attached hydrogen (secondary N) is 2. The Morgan fingerprint density at radius 2 is 1.61 bits per heavy atom. The van der Waals surface area contributed by atoms with E-state index in [0.29, 0.717) is 11.6 Å². The molecule has 0 aliphatic carbocycles. The summed E-state index contributed by atoms with van der Waals surface area (Å²) in [5.74, 6) is 0.525. The SMILES string of the molecule is CC(=O)Nc1cccc(-c2ccc(-c3cc4ccnn4c(Nc4ccc(N)cc4)n3)cc2)c1. The van der Waals surface area contributed by atoms with E-state index >= 15 is 0 Å². The van der Waals surface area contributed by atoms with Crippen LogP contribution in [0.4, 0.5) is 23.0 Å². The molecular formula is C26H22N6O. The van der Waals surface area contributed by atoms with Crippen LogP contribution in [0, 0.1) is 0 Å². The van der Waals surface area contributed by atoms with Crippen molar-refractivity contribution in [2.24, 2.45) is 0 Å². The Labute approximate surface area is 190 Å². The molecule has 1 amide bonds. The molecule has 0 radical (unpaired) electrons. The van der Waals surface area contributed by atoms with E-state index in [1.807, 2.05) is 72.8 Å². The molecule has 0 spiro atoms. The van der Waals surface area contributed by atoms with Crippen molar-refractivity contribution in [1.29, 1.82) is 0 Å². The van der Waals surface area contributed by atoms with E-state index in [1.165, 1.54) is 6.92 Å².